The van der Waals surface area contributed by atoms with Crippen molar-refractivity contribution in [2.75, 3.05) is 53.2 Å². The SMILES string of the molecule is C.C.C.C.C.C.C.C.C.C.C.C.C.C.C.C.CC.CC.CC.CC.CC(=O)O.CC(=O)O.CC(=O)O.CC(=O)O.CS(=O)(=O)O[O-].CS(=O)(=O)O[O-].CS(=O)(=O)O[O-].CS(=O)(=O)O[O-].C[NH3+].C[NH3+].C[NH3+].C[NH3+]. The molecule has 0 aromatic carbocycles. The summed E-state index contributed by atoms with van der Waals surface area (Å²) in [6.45, 7) is 20.3. The van der Waals surface area contributed by atoms with Crippen LogP contribution in [0.25, 0.3) is 0 Å². The van der Waals surface area contributed by atoms with Crippen LogP contribution in [0.4, 0.5) is 0 Å². The minimum atomic E-state index is -3.72. The van der Waals surface area contributed by atoms with Crippen molar-refractivity contribution in [3.8, 4) is 0 Å². The van der Waals surface area contributed by atoms with E-state index in [0.29, 0.717) is 25.0 Å². The molecule has 488 valence electrons. The van der Waals surface area contributed by atoms with Crippen LogP contribution >= 0.6 is 0 Å². The monoisotopic (exact) mass is 1190 g/mol. The van der Waals surface area contributed by atoms with Crippen molar-refractivity contribution in [1.29, 1.82) is 0 Å². The van der Waals surface area contributed by atoms with Gasteiger partial charge in [-0.3, -0.25) is 19.2 Å². The molecule has 0 saturated heterocycles. The van der Waals surface area contributed by atoms with Crippen LogP contribution in [0.1, 0.15) is 202 Å². The van der Waals surface area contributed by atoms with Gasteiger partial charge in [0.2, 0.25) is 0 Å². The lowest BCUT2D eigenvalue weighted by Gasteiger charge is -1.97. The minimum absolute atomic E-state index is 0. The van der Waals surface area contributed by atoms with Crippen molar-refractivity contribution < 1.29 is 135 Å². The van der Waals surface area contributed by atoms with E-state index in [9.17, 15) is 33.7 Å². The highest BCUT2D eigenvalue weighted by atomic mass is 32.2. The fraction of sp³-hybridized carbons (Fsp3) is 0.900. The normalized spacial score (nSPS) is 5.94. The summed E-state index contributed by atoms with van der Waals surface area (Å²) in [4.78, 5) is 36.0. The highest BCUT2D eigenvalue weighted by Gasteiger charge is 1.87. The van der Waals surface area contributed by atoms with Crippen LogP contribution in [0.5, 0.6) is 0 Å². The van der Waals surface area contributed by atoms with E-state index in [-0.39, 0.29) is 119 Å². The van der Waals surface area contributed by atoms with Gasteiger partial charge in [0.1, 0.15) is 0 Å². The van der Waals surface area contributed by atoms with Gasteiger partial charge in [-0.15, -0.1) is 0 Å². The summed E-state index contributed by atoms with van der Waals surface area (Å²) in [6.07, 6.45) is 2.72. The molecule has 32 heteroatoms. The van der Waals surface area contributed by atoms with Crippen molar-refractivity contribution >= 4 is 64.3 Å². The Bertz CT molecular complexity index is 930. The number of carbonyl (C=O) groups is 4. The molecule has 0 bridgehead atoms. The molecule has 0 aliphatic carbocycles. The minimum Gasteiger partial charge on any atom is -0.707 e. The molecule has 0 atom stereocenters. The Balaban J connectivity index is -0.00000000792. The second kappa shape index (κ2) is 223. The van der Waals surface area contributed by atoms with Gasteiger partial charge in [0.05, 0.1) is 53.2 Å². The van der Waals surface area contributed by atoms with Gasteiger partial charge in [-0.25, -0.2) is 33.7 Å². The molecule has 0 fully saturated rings. The third-order valence-corrected chi connectivity index (χ3v) is 1.48. The predicted molar refractivity (Wildman–Crippen MR) is 305 cm³/mol. The third kappa shape index (κ3) is 3480. The number of carboxylic acid groups (broad SMARTS) is 4. The maximum Gasteiger partial charge on any atom is 0.300 e. The summed E-state index contributed by atoms with van der Waals surface area (Å²) in [5.74, 6) is -3.33. The van der Waals surface area contributed by atoms with Crippen LogP contribution in [0.15, 0.2) is 0 Å². The fourth-order valence-electron chi connectivity index (χ4n) is 0. The first-order chi connectivity index (χ1) is 25.2. The molecule has 0 heterocycles. The number of hydrogen-bond donors (Lipinski definition) is 8. The molecule has 0 aromatic rings. The lowest BCUT2D eigenvalue weighted by Crippen LogP contribution is -2.40. The van der Waals surface area contributed by atoms with Gasteiger partial charge < -0.3 is 81.7 Å². The van der Waals surface area contributed by atoms with Crippen LogP contribution in [-0.4, -0.2) is 131 Å². The van der Waals surface area contributed by atoms with E-state index in [0.717, 1.165) is 27.7 Å². The first-order valence-electron chi connectivity index (χ1n) is 14.8. The zero-order chi connectivity index (χ0) is 51.1. The summed E-state index contributed by atoms with van der Waals surface area (Å²) in [6, 6.07) is 0. The van der Waals surface area contributed by atoms with Gasteiger partial charge >= 0.3 is 0 Å². The van der Waals surface area contributed by atoms with E-state index in [1.807, 2.05) is 55.4 Å². The molecule has 0 aliphatic heterocycles. The van der Waals surface area contributed by atoms with E-state index in [4.69, 9.17) is 60.6 Å². The second-order valence-electron chi connectivity index (χ2n) is 5.16. The van der Waals surface area contributed by atoms with E-state index in [1.165, 1.54) is 0 Å². The molecule has 16 N–H and O–H groups in total. The molecule has 0 unspecified atom stereocenters. The highest BCUT2D eigenvalue weighted by molar-refractivity contribution is 7.86. The summed E-state index contributed by atoms with van der Waals surface area (Å²) in [5, 5.41) is 65.1. The molecule has 0 aliphatic rings. The Labute approximate surface area is 452 Å². The molecule has 72 heavy (non-hydrogen) atoms. The van der Waals surface area contributed by atoms with Gasteiger partial charge in [-0.2, -0.15) is 0 Å². The second-order valence-corrected chi connectivity index (χ2v) is 11.3. The zero-order valence-electron chi connectivity index (χ0n) is 36.4. The Hall–Kier alpha value is -2.80. The largest absolute Gasteiger partial charge is 0.707 e. The van der Waals surface area contributed by atoms with Gasteiger partial charge in [0, 0.05) is 27.7 Å². The Kier molecular flexibility index (Phi) is 719. The topological polar surface area (TPSA) is 525 Å². The van der Waals surface area contributed by atoms with Crippen molar-refractivity contribution in [2.24, 2.45) is 0 Å². The van der Waals surface area contributed by atoms with Crippen LogP contribution in [0.2, 0.25) is 0 Å². The first kappa shape index (κ1) is 233. The molecule has 0 rings (SSSR count). The zero-order valence-corrected chi connectivity index (χ0v) is 39.7. The van der Waals surface area contributed by atoms with Gasteiger partial charge in [0.25, 0.3) is 64.3 Å². The number of hydrogen-bond acceptors (Lipinski definition) is 20. The summed E-state index contributed by atoms with van der Waals surface area (Å²) in [7, 11) is -7.87. The molecule has 0 aromatic heterocycles. The van der Waals surface area contributed by atoms with E-state index in [2.05, 4.69) is 40.3 Å². The van der Waals surface area contributed by atoms with Crippen LogP contribution < -0.4 is 44.0 Å². The molecule has 28 nitrogen and oxygen atoms in total. The van der Waals surface area contributed by atoms with Gasteiger partial charge in [0.15, 0.2) is 0 Å². The fourth-order valence-corrected chi connectivity index (χ4v) is 0. The summed E-state index contributed by atoms with van der Waals surface area (Å²) < 4.78 is 86.4. The number of rotatable bonds is 4. The van der Waals surface area contributed by atoms with E-state index >= 15 is 0 Å². The smallest absolute Gasteiger partial charge is 0.300 e. The molecule has 0 radical (unpaired) electrons. The van der Waals surface area contributed by atoms with Crippen molar-refractivity contribution in [3.63, 3.8) is 0 Å². The maximum absolute atomic E-state index is 9.47. The summed E-state index contributed by atoms with van der Waals surface area (Å²) >= 11 is 0. The van der Waals surface area contributed by atoms with Crippen molar-refractivity contribution in [1.82, 2.24) is 0 Å². The molecule has 0 amide bonds. The van der Waals surface area contributed by atoms with Gasteiger partial charge in [-0.1, -0.05) is 174 Å². The van der Waals surface area contributed by atoms with Crippen molar-refractivity contribution in [3.05, 3.63) is 0 Å². The average molecular weight is 1190 g/mol. The first-order valence-corrected chi connectivity index (χ1v) is 22.1. The number of aliphatic carboxylic acids is 4. The number of carboxylic acids is 4. The molecular weight excluding hydrogens is 1050 g/mol. The number of quaternary nitrogens is 4. The Morgan fingerprint density at radius 2 is 0.292 bits per heavy atom. The van der Waals surface area contributed by atoms with E-state index < -0.39 is 64.3 Å². The average Bonchev–Trinajstić information content (AvgIpc) is 3.10. The molecular formula is C40H140N4O24S4. The standard InChI is InChI=1S/4C2H4O2.4C2H6.4CH5N.4CH4O4S.16CH4/c4*1-2(3)4;8*1-2;4*1-6(3,4)5-2;;;;;;;;;;;;;;;;/h4*1H3,(H,3,4);4*1-2H3;4*2H2,1H3;4*2H,1H3;16*1H4. The van der Waals surface area contributed by atoms with Crippen LogP contribution in [-0.2, 0) is 77.0 Å². The maximum atomic E-state index is 9.47. The van der Waals surface area contributed by atoms with E-state index in [1.54, 1.807) is 28.2 Å². The third-order valence-electron chi connectivity index (χ3n) is 0.494. The quantitative estimate of drug-likeness (QED) is 0.148. The predicted octanol–water partition coefficient (Wildman–Crippen LogP) is 3.03. The Morgan fingerprint density at radius 3 is 0.292 bits per heavy atom. The van der Waals surface area contributed by atoms with Crippen molar-refractivity contribution in [2.45, 2.75) is 202 Å². The lowest BCUT2D eigenvalue weighted by molar-refractivity contribution is -0.634. The van der Waals surface area contributed by atoms with Crippen LogP contribution in [0.3, 0.4) is 0 Å². The highest BCUT2D eigenvalue weighted by Crippen LogP contribution is 1.73. The molecule has 0 saturated carbocycles. The van der Waals surface area contributed by atoms with Gasteiger partial charge in [-0.05, 0) is 0 Å². The summed E-state index contributed by atoms with van der Waals surface area (Å²) in [5.41, 5.74) is 13.0. The lowest BCUT2D eigenvalue weighted by atomic mass is 10.9. The molecule has 0 spiro atoms. The van der Waals surface area contributed by atoms with Crippen LogP contribution in [0, 0.1) is 0 Å². The Morgan fingerprint density at radius 1 is 0.278 bits per heavy atom.